The fourth-order valence-electron chi connectivity index (χ4n) is 2.39. The summed E-state index contributed by atoms with van der Waals surface area (Å²) in [5, 5.41) is 6.95. The second-order valence-corrected chi connectivity index (χ2v) is 6.33. The van der Waals surface area contributed by atoms with Crippen molar-refractivity contribution in [2.45, 2.75) is 46.4 Å². The molecule has 0 bridgehead atoms. The van der Waals surface area contributed by atoms with Gasteiger partial charge in [0.2, 0.25) is 0 Å². The van der Waals surface area contributed by atoms with E-state index < -0.39 is 11.7 Å². The number of carbonyl (C=O) groups excluding carboxylic acids is 1. The van der Waals surface area contributed by atoms with Crippen molar-refractivity contribution in [3.63, 3.8) is 0 Å². The molecule has 2 N–H and O–H groups in total. The SMILES string of the molecule is CNCc1oc2cccc(CNC(=O)OC(C)(C)C)c2c1C. The molecule has 0 fully saturated rings. The number of fused-ring (bicyclic) bond motifs is 1. The molecule has 2 rings (SSSR count). The maximum atomic E-state index is 11.8. The summed E-state index contributed by atoms with van der Waals surface area (Å²) >= 11 is 0. The second kappa shape index (κ2) is 6.40. The van der Waals surface area contributed by atoms with Crippen molar-refractivity contribution in [2.24, 2.45) is 0 Å². The largest absolute Gasteiger partial charge is 0.459 e. The van der Waals surface area contributed by atoms with Gasteiger partial charge in [-0.1, -0.05) is 12.1 Å². The van der Waals surface area contributed by atoms with Gasteiger partial charge in [-0.15, -0.1) is 0 Å². The zero-order chi connectivity index (χ0) is 16.3. The fraction of sp³-hybridized carbons (Fsp3) is 0.471. The number of amides is 1. The van der Waals surface area contributed by atoms with Crippen molar-refractivity contribution in [3.05, 3.63) is 35.1 Å². The quantitative estimate of drug-likeness (QED) is 0.907. The molecule has 0 spiro atoms. The van der Waals surface area contributed by atoms with Gasteiger partial charge in [0.05, 0.1) is 6.54 Å². The maximum Gasteiger partial charge on any atom is 0.407 e. The van der Waals surface area contributed by atoms with Gasteiger partial charge in [0, 0.05) is 17.5 Å². The number of furan rings is 1. The third kappa shape index (κ3) is 3.80. The summed E-state index contributed by atoms with van der Waals surface area (Å²) in [6.07, 6.45) is -0.416. The molecule has 0 aliphatic carbocycles. The molecule has 0 radical (unpaired) electrons. The Kier molecular flexibility index (Phi) is 4.76. The lowest BCUT2D eigenvalue weighted by molar-refractivity contribution is 0.0524. The van der Waals surface area contributed by atoms with Crippen LogP contribution in [-0.2, 0) is 17.8 Å². The zero-order valence-corrected chi connectivity index (χ0v) is 13.9. The fourth-order valence-corrected chi connectivity index (χ4v) is 2.39. The van der Waals surface area contributed by atoms with Crippen molar-refractivity contribution in [2.75, 3.05) is 7.05 Å². The van der Waals surface area contributed by atoms with E-state index in [1.54, 1.807) is 0 Å². The van der Waals surface area contributed by atoms with E-state index in [9.17, 15) is 4.79 Å². The summed E-state index contributed by atoms with van der Waals surface area (Å²) in [7, 11) is 1.89. The van der Waals surface area contributed by atoms with Gasteiger partial charge < -0.3 is 19.8 Å². The van der Waals surface area contributed by atoms with Crippen LogP contribution in [0.2, 0.25) is 0 Å². The van der Waals surface area contributed by atoms with Crippen molar-refractivity contribution >= 4 is 17.1 Å². The Bertz CT molecular complexity index is 668. The Morgan fingerprint density at radius 1 is 1.27 bits per heavy atom. The highest BCUT2D eigenvalue weighted by Crippen LogP contribution is 2.28. The Morgan fingerprint density at radius 2 is 2.00 bits per heavy atom. The average molecular weight is 304 g/mol. The second-order valence-electron chi connectivity index (χ2n) is 6.33. The Labute approximate surface area is 131 Å². The summed E-state index contributed by atoms with van der Waals surface area (Å²) in [6.45, 7) is 8.66. The number of carbonyl (C=O) groups is 1. The molecule has 1 amide bonds. The summed E-state index contributed by atoms with van der Waals surface area (Å²) in [5.41, 5.74) is 2.46. The first-order chi connectivity index (χ1) is 10.3. The van der Waals surface area contributed by atoms with E-state index in [0.29, 0.717) is 13.1 Å². The first-order valence-electron chi connectivity index (χ1n) is 7.43. The van der Waals surface area contributed by atoms with Gasteiger partial charge in [0.25, 0.3) is 0 Å². The summed E-state index contributed by atoms with van der Waals surface area (Å²) in [6, 6.07) is 5.87. The first kappa shape index (κ1) is 16.4. The van der Waals surface area contributed by atoms with Gasteiger partial charge in [-0.05, 0) is 46.4 Å². The lowest BCUT2D eigenvalue weighted by Gasteiger charge is -2.19. The number of ether oxygens (including phenoxy) is 1. The molecule has 0 atom stereocenters. The molecule has 1 heterocycles. The number of alkyl carbamates (subject to hydrolysis) is 1. The van der Waals surface area contributed by atoms with Gasteiger partial charge in [-0.3, -0.25) is 0 Å². The minimum absolute atomic E-state index is 0.408. The van der Waals surface area contributed by atoms with Crippen molar-refractivity contribution in [1.29, 1.82) is 0 Å². The average Bonchev–Trinajstić information content (AvgIpc) is 2.73. The van der Waals surface area contributed by atoms with Crippen LogP contribution in [0.1, 0.15) is 37.7 Å². The lowest BCUT2D eigenvalue weighted by Crippen LogP contribution is -2.32. The molecule has 22 heavy (non-hydrogen) atoms. The van der Waals surface area contributed by atoms with Crippen LogP contribution in [0.15, 0.2) is 22.6 Å². The van der Waals surface area contributed by atoms with Crippen LogP contribution in [0.3, 0.4) is 0 Å². The number of hydrogen-bond donors (Lipinski definition) is 2. The van der Waals surface area contributed by atoms with E-state index in [4.69, 9.17) is 9.15 Å². The van der Waals surface area contributed by atoms with Crippen LogP contribution in [-0.4, -0.2) is 18.7 Å². The number of aryl methyl sites for hydroxylation is 1. The highest BCUT2D eigenvalue weighted by Gasteiger charge is 2.17. The summed E-state index contributed by atoms with van der Waals surface area (Å²) in [4.78, 5) is 11.8. The molecule has 0 aliphatic heterocycles. The van der Waals surface area contributed by atoms with Crippen LogP contribution >= 0.6 is 0 Å². The molecular weight excluding hydrogens is 280 g/mol. The predicted octanol–water partition coefficient (Wildman–Crippen LogP) is 3.49. The van der Waals surface area contributed by atoms with Crippen molar-refractivity contribution in [3.8, 4) is 0 Å². The smallest absolute Gasteiger partial charge is 0.407 e. The number of hydrogen-bond acceptors (Lipinski definition) is 4. The van der Waals surface area contributed by atoms with E-state index in [1.807, 2.05) is 52.9 Å². The number of nitrogens with one attached hydrogen (secondary N) is 2. The molecule has 120 valence electrons. The first-order valence-corrected chi connectivity index (χ1v) is 7.43. The minimum Gasteiger partial charge on any atom is -0.459 e. The Hall–Kier alpha value is -2.01. The van der Waals surface area contributed by atoms with Gasteiger partial charge in [0.1, 0.15) is 16.9 Å². The Balaban J connectivity index is 2.19. The van der Waals surface area contributed by atoms with E-state index in [0.717, 1.165) is 27.9 Å². The van der Waals surface area contributed by atoms with Gasteiger partial charge in [0.15, 0.2) is 0 Å². The topological polar surface area (TPSA) is 63.5 Å². The standard InChI is InChI=1S/C17H24N2O3/c1-11-14(10-18-5)21-13-8-6-7-12(15(11)13)9-19-16(20)22-17(2,3)4/h6-8,18H,9-10H2,1-5H3,(H,19,20). The highest BCUT2D eigenvalue weighted by atomic mass is 16.6. The Morgan fingerprint density at radius 3 is 2.64 bits per heavy atom. The molecule has 2 aromatic rings. The van der Waals surface area contributed by atoms with E-state index >= 15 is 0 Å². The molecule has 0 unspecified atom stereocenters. The summed E-state index contributed by atoms with van der Waals surface area (Å²) < 4.78 is 11.1. The van der Waals surface area contributed by atoms with Crippen LogP contribution in [0, 0.1) is 6.92 Å². The highest BCUT2D eigenvalue weighted by molar-refractivity contribution is 5.86. The van der Waals surface area contributed by atoms with Crippen LogP contribution in [0.5, 0.6) is 0 Å². The van der Waals surface area contributed by atoms with Gasteiger partial charge >= 0.3 is 6.09 Å². The van der Waals surface area contributed by atoms with E-state index in [-0.39, 0.29) is 0 Å². The molecule has 0 saturated heterocycles. The lowest BCUT2D eigenvalue weighted by atomic mass is 10.1. The zero-order valence-electron chi connectivity index (χ0n) is 13.9. The predicted molar refractivity (Wildman–Crippen MR) is 86.8 cm³/mol. The van der Waals surface area contributed by atoms with Crippen LogP contribution in [0.25, 0.3) is 11.0 Å². The van der Waals surface area contributed by atoms with Crippen LogP contribution < -0.4 is 10.6 Å². The monoisotopic (exact) mass is 304 g/mol. The number of benzene rings is 1. The van der Waals surface area contributed by atoms with E-state index in [1.165, 1.54) is 0 Å². The molecule has 1 aromatic carbocycles. The summed E-state index contributed by atoms with van der Waals surface area (Å²) in [5.74, 6) is 0.919. The van der Waals surface area contributed by atoms with E-state index in [2.05, 4.69) is 10.6 Å². The third-order valence-corrected chi connectivity index (χ3v) is 3.30. The molecular formula is C17H24N2O3. The van der Waals surface area contributed by atoms with Crippen molar-refractivity contribution in [1.82, 2.24) is 10.6 Å². The number of rotatable bonds is 4. The normalized spacial score (nSPS) is 11.7. The molecule has 0 aliphatic rings. The molecule has 5 nitrogen and oxygen atoms in total. The van der Waals surface area contributed by atoms with Gasteiger partial charge in [-0.25, -0.2) is 4.79 Å². The third-order valence-electron chi connectivity index (χ3n) is 3.30. The minimum atomic E-state index is -0.498. The molecule has 0 saturated carbocycles. The molecule has 1 aromatic heterocycles. The van der Waals surface area contributed by atoms with Gasteiger partial charge in [-0.2, -0.15) is 0 Å². The maximum absolute atomic E-state index is 11.8. The van der Waals surface area contributed by atoms with Crippen molar-refractivity contribution < 1.29 is 13.9 Å². The van der Waals surface area contributed by atoms with Crippen LogP contribution in [0.4, 0.5) is 4.79 Å². The molecule has 5 heteroatoms.